The first-order valence-electron chi connectivity index (χ1n) is 7.47. The number of rotatable bonds is 7. The van der Waals surface area contributed by atoms with E-state index in [-0.39, 0.29) is 30.8 Å². The molecule has 8 heteroatoms. The second-order valence-electron chi connectivity index (χ2n) is 5.78. The maximum Gasteiger partial charge on any atom is 0.310 e. The van der Waals surface area contributed by atoms with Gasteiger partial charge in [-0.25, -0.2) is 0 Å². The number of nitro groups is 1. The summed E-state index contributed by atoms with van der Waals surface area (Å²) in [5.41, 5.74) is -1.45. The van der Waals surface area contributed by atoms with Crippen molar-refractivity contribution >= 4 is 17.6 Å². The molecule has 0 aliphatic carbocycles. The fourth-order valence-corrected chi connectivity index (χ4v) is 1.93. The van der Waals surface area contributed by atoms with Crippen molar-refractivity contribution in [2.24, 2.45) is 0 Å². The molecule has 1 aromatic rings. The lowest BCUT2D eigenvalue weighted by atomic mass is 9.84. The van der Waals surface area contributed by atoms with Crippen LogP contribution in [0, 0.1) is 15.9 Å². The monoisotopic (exact) mass is 341 g/mol. The van der Waals surface area contributed by atoms with Crippen molar-refractivity contribution in [3.63, 3.8) is 0 Å². The third-order valence-electron chi connectivity index (χ3n) is 3.37. The van der Waals surface area contributed by atoms with Gasteiger partial charge in [0, 0.05) is 36.0 Å². The summed E-state index contributed by atoms with van der Waals surface area (Å²) in [6.45, 7) is 6.40. The molecule has 0 spiro atoms. The number of ether oxygens (including phenoxy) is 2. The summed E-state index contributed by atoms with van der Waals surface area (Å²) >= 11 is 0. The summed E-state index contributed by atoms with van der Waals surface area (Å²) < 4.78 is 24.0. The van der Waals surface area contributed by atoms with Crippen LogP contribution in [0.1, 0.15) is 46.1 Å². The number of nitro benzene ring substituents is 1. The third-order valence-corrected chi connectivity index (χ3v) is 3.37. The number of carbonyl (C=O) groups is 2. The lowest BCUT2D eigenvalue weighted by molar-refractivity contribution is -0.387. The molecular formula is C16H20FNO6. The van der Waals surface area contributed by atoms with Gasteiger partial charge in [0.25, 0.3) is 0 Å². The largest absolute Gasteiger partial charge is 0.465 e. The molecule has 1 aromatic carbocycles. The normalized spacial score (nSPS) is 11.0. The number of esters is 2. The van der Waals surface area contributed by atoms with E-state index < -0.39 is 33.8 Å². The van der Waals surface area contributed by atoms with E-state index in [1.54, 1.807) is 27.7 Å². The zero-order valence-corrected chi connectivity index (χ0v) is 14.1. The Bertz CT molecular complexity index is 656. The van der Waals surface area contributed by atoms with E-state index in [1.807, 2.05) is 0 Å². The number of carbonyl (C=O) groups excluding carboxylic acids is 2. The van der Waals surface area contributed by atoms with Gasteiger partial charge in [-0.15, -0.1) is 0 Å². The van der Waals surface area contributed by atoms with E-state index in [0.29, 0.717) is 0 Å². The highest BCUT2D eigenvalue weighted by atomic mass is 19.1. The maximum atomic E-state index is 13.9. The summed E-state index contributed by atoms with van der Waals surface area (Å²) in [7, 11) is 0. The van der Waals surface area contributed by atoms with Crippen LogP contribution in [-0.4, -0.2) is 23.5 Å². The predicted molar refractivity (Wildman–Crippen MR) is 83.3 cm³/mol. The molecule has 0 unspecified atom stereocenters. The van der Waals surface area contributed by atoms with Crippen LogP contribution < -0.4 is 4.74 Å². The third kappa shape index (κ3) is 4.74. The van der Waals surface area contributed by atoms with Gasteiger partial charge in [0.15, 0.2) is 0 Å². The molecule has 0 heterocycles. The summed E-state index contributed by atoms with van der Waals surface area (Å²) in [6.07, 6.45) is 0.237. The Morgan fingerprint density at radius 2 is 1.79 bits per heavy atom. The van der Waals surface area contributed by atoms with E-state index in [4.69, 9.17) is 9.47 Å². The Morgan fingerprint density at radius 3 is 2.29 bits per heavy atom. The minimum atomic E-state index is -1.11. The van der Waals surface area contributed by atoms with Gasteiger partial charge in [0.05, 0.1) is 4.92 Å². The predicted octanol–water partition coefficient (Wildman–Crippen LogP) is 3.28. The summed E-state index contributed by atoms with van der Waals surface area (Å²) in [5, 5.41) is 11.0. The zero-order chi connectivity index (χ0) is 18.5. The van der Waals surface area contributed by atoms with E-state index in [1.165, 1.54) is 0 Å². The van der Waals surface area contributed by atoms with Gasteiger partial charge in [-0.2, -0.15) is 4.39 Å². The molecule has 0 radical (unpaired) electrons. The van der Waals surface area contributed by atoms with Crippen LogP contribution in [0.2, 0.25) is 0 Å². The number of hydrogen-bond acceptors (Lipinski definition) is 6. The highest BCUT2D eigenvalue weighted by Gasteiger charge is 2.31. The number of halogens is 1. The average molecular weight is 341 g/mol. The number of hydrogen-bond donors (Lipinski definition) is 0. The van der Waals surface area contributed by atoms with Crippen LogP contribution in [0.5, 0.6) is 5.75 Å². The summed E-state index contributed by atoms with van der Waals surface area (Å²) in [5.74, 6) is -2.27. The van der Waals surface area contributed by atoms with Crippen molar-refractivity contribution in [1.29, 1.82) is 0 Å². The van der Waals surface area contributed by atoms with Crippen LogP contribution in [0.3, 0.4) is 0 Å². The Balaban J connectivity index is 3.33. The molecule has 0 amide bonds. The van der Waals surface area contributed by atoms with Gasteiger partial charge < -0.3 is 9.47 Å². The van der Waals surface area contributed by atoms with Crippen LogP contribution >= 0.6 is 0 Å². The second-order valence-corrected chi connectivity index (χ2v) is 5.78. The summed E-state index contributed by atoms with van der Waals surface area (Å²) in [4.78, 5) is 33.0. The first kappa shape index (κ1) is 19.5. The van der Waals surface area contributed by atoms with Crippen LogP contribution in [0.15, 0.2) is 12.1 Å². The molecule has 0 aliphatic heterocycles. The standard InChI is InChI=1S/C16H20FNO6/c1-5-14(19)23-9-16(3,4)10-7-12(18(21)22)11(17)8-13(10)24-15(20)6-2/h7-8H,5-6,9H2,1-4H3. The zero-order valence-electron chi connectivity index (χ0n) is 14.1. The minimum absolute atomic E-state index is 0.0588. The SMILES string of the molecule is CCC(=O)OCC(C)(C)c1cc([N+](=O)[O-])c(F)cc1OC(=O)CC. The highest BCUT2D eigenvalue weighted by molar-refractivity contribution is 5.73. The molecular weight excluding hydrogens is 321 g/mol. The fourth-order valence-electron chi connectivity index (χ4n) is 1.93. The molecule has 0 bridgehead atoms. The Hall–Kier alpha value is -2.51. The molecule has 132 valence electrons. The molecule has 0 aliphatic rings. The Kier molecular flexibility index (Phi) is 6.39. The van der Waals surface area contributed by atoms with E-state index in [9.17, 15) is 24.1 Å². The second kappa shape index (κ2) is 7.85. The van der Waals surface area contributed by atoms with Crippen molar-refractivity contribution in [2.45, 2.75) is 46.0 Å². The summed E-state index contributed by atoms with van der Waals surface area (Å²) in [6, 6.07) is 1.82. The minimum Gasteiger partial charge on any atom is -0.465 e. The van der Waals surface area contributed by atoms with Crippen molar-refractivity contribution in [3.8, 4) is 5.75 Å². The molecule has 0 saturated heterocycles. The topological polar surface area (TPSA) is 95.7 Å². The molecule has 0 saturated carbocycles. The van der Waals surface area contributed by atoms with Crippen LogP contribution in [0.25, 0.3) is 0 Å². The smallest absolute Gasteiger partial charge is 0.310 e. The van der Waals surface area contributed by atoms with Gasteiger partial charge in [-0.3, -0.25) is 19.7 Å². The van der Waals surface area contributed by atoms with Crippen molar-refractivity contribution in [3.05, 3.63) is 33.6 Å². The molecule has 0 aromatic heterocycles. The Morgan fingerprint density at radius 1 is 1.21 bits per heavy atom. The molecule has 7 nitrogen and oxygen atoms in total. The highest BCUT2D eigenvalue weighted by Crippen LogP contribution is 2.37. The molecule has 0 atom stereocenters. The quantitative estimate of drug-likeness (QED) is 0.327. The number of benzene rings is 1. The van der Waals surface area contributed by atoms with Crippen molar-refractivity contribution < 1.29 is 28.4 Å². The van der Waals surface area contributed by atoms with E-state index >= 15 is 0 Å². The molecule has 24 heavy (non-hydrogen) atoms. The van der Waals surface area contributed by atoms with Gasteiger partial charge >= 0.3 is 17.6 Å². The lowest BCUT2D eigenvalue weighted by Crippen LogP contribution is -2.27. The molecule has 0 fully saturated rings. The first-order valence-corrected chi connectivity index (χ1v) is 7.47. The molecule has 1 rings (SSSR count). The average Bonchev–Trinajstić information content (AvgIpc) is 2.51. The first-order chi connectivity index (χ1) is 11.1. The van der Waals surface area contributed by atoms with Crippen molar-refractivity contribution in [1.82, 2.24) is 0 Å². The van der Waals surface area contributed by atoms with Gasteiger partial charge in [0.2, 0.25) is 5.82 Å². The lowest BCUT2D eigenvalue weighted by Gasteiger charge is -2.26. The van der Waals surface area contributed by atoms with E-state index in [2.05, 4.69) is 0 Å². The molecule has 0 N–H and O–H groups in total. The Labute approximate surface area is 138 Å². The maximum absolute atomic E-state index is 13.9. The number of nitrogens with zero attached hydrogens (tertiary/aromatic N) is 1. The van der Waals surface area contributed by atoms with Crippen molar-refractivity contribution in [2.75, 3.05) is 6.61 Å². The van der Waals surface area contributed by atoms with E-state index in [0.717, 1.165) is 12.1 Å². The van der Waals surface area contributed by atoms with Crippen LogP contribution in [0.4, 0.5) is 10.1 Å². The van der Waals surface area contributed by atoms with Gasteiger partial charge in [-0.1, -0.05) is 27.7 Å². The fraction of sp³-hybridized carbons (Fsp3) is 0.500. The van der Waals surface area contributed by atoms with Crippen LogP contribution in [-0.2, 0) is 19.7 Å². The van der Waals surface area contributed by atoms with Gasteiger partial charge in [-0.05, 0) is 0 Å². The van der Waals surface area contributed by atoms with Gasteiger partial charge in [0.1, 0.15) is 12.4 Å².